The average Bonchev–Trinajstić information content (AvgIpc) is 2.76. The van der Waals surface area contributed by atoms with E-state index in [0.717, 1.165) is 23.4 Å². The second-order valence-corrected chi connectivity index (χ2v) is 17.1. The Hall–Kier alpha value is -2.62. The molecule has 2 rings (SSSR count). The number of methoxy groups -OCH3 is 1. The van der Waals surface area contributed by atoms with Crippen molar-refractivity contribution in [1.82, 2.24) is 0 Å². The van der Waals surface area contributed by atoms with Crippen LogP contribution in [0.3, 0.4) is 0 Å². The molecule has 0 bridgehead atoms. The van der Waals surface area contributed by atoms with Crippen molar-refractivity contribution in [2.45, 2.75) is 38.7 Å². The number of carbonyl (C=O) groups is 1. The molecule has 5 nitrogen and oxygen atoms in total. The smallest absolute Gasteiger partial charge is 0.343 e. The van der Waals surface area contributed by atoms with Gasteiger partial charge in [-0.25, -0.2) is 4.79 Å². The van der Waals surface area contributed by atoms with Gasteiger partial charge in [0.25, 0.3) is 0 Å². The highest BCUT2D eigenvalue weighted by Gasteiger charge is 2.33. The first-order chi connectivity index (χ1) is 15.1. The van der Waals surface area contributed by atoms with Crippen LogP contribution in [0, 0.1) is 0 Å². The van der Waals surface area contributed by atoms with Crippen molar-refractivity contribution < 1.29 is 23.1 Å². The highest BCUT2D eigenvalue weighted by Crippen LogP contribution is 2.25. The fourth-order valence-electron chi connectivity index (χ4n) is 3.24. The molecule has 0 aliphatic heterocycles. The van der Waals surface area contributed by atoms with Crippen LogP contribution >= 0.6 is 0 Å². The third-order valence-electron chi connectivity index (χ3n) is 5.10. The topological polar surface area (TPSA) is 54.0 Å². The average molecular weight is 471 g/mol. The molecular formula is C25H34O5Si2. The van der Waals surface area contributed by atoms with Gasteiger partial charge in [0, 0.05) is 0 Å². The molecular weight excluding hydrogens is 436 g/mol. The summed E-state index contributed by atoms with van der Waals surface area (Å²) >= 11 is 0. The molecule has 0 aliphatic rings. The third-order valence-corrected chi connectivity index (χ3v) is 12.7. The van der Waals surface area contributed by atoms with Crippen molar-refractivity contribution in [3.63, 3.8) is 0 Å². The number of rotatable bonds is 12. The van der Waals surface area contributed by atoms with Crippen molar-refractivity contribution in [1.29, 1.82) is 0 Å². The van der Waals surface area contributed by atoms with Gasteiger partial charge in [0.15, 0.2) is 8.32 Å². The van der Waals surface area contributed by atoms with E-state index in [2.05, 4.69) is 39.3 Å². The number of esters is 1. The zero-order chi connectivity index (χ0) is 23.8. The van der Waals surface area contributed by atoms with E-state index < -0.39 is 22.6 Å². The Morgan fingerprint density at radius 1 is 0.938 bits per heavy atom. The minimum atomic E-state index is -1.96. The second kappa shape index (κ2) is 11.3. The number of benzene rings is 2. The van der Waals surface area contributed by atoms with E-state index in [1.54, 1.807) is 55.6 Å². The molecule has 32 heavy (non-hydrogen) atoms. The van der Waals surface area contributed by atoms with Crippen LogP contribution in [0.4, 0.5) is 0 Å². The van der Waals surface area contributed by atoms with Gasteiger partial charge >= 0.3 is 5.97 Å². The number of hydrogen-bond acceptors (Lipinski definition) is 5. The standard InChI is InChI=1S/C25H34O5Si2/c1-8-20(2)32(6,7)30-31(4,5)19-9-18-28-23-12-10-21(11-13-23)25(26)29-24-16-14-22(27-3)15-17-24/h8,10-17H,1-2,9,18-19H2,3-7H3. The summed E-state index contributed by atoms with van der Waals surface area (Å²) in [5, 5.41) is 1.03. The minimum Gasteiger partial charge on any atom is -0.497 e. The summed E-state index contributed by atoms with van der Waals surface area (Å²) in [6, 6.07) is 14.9. The monoisotopic (exact) mass is 470 g/mol. The van der Waals surface area contributed by atoms with Gasteiger partial charge in [-0.3, -0.25) is 0 Å². The van der Waals surface area contributed by atoms with Gasteiger partial charge in [0.1, 0.15) is 17.2 Å². The van der Waals surface area contributed by atoms with Crippen LogP contribution in [0.15, 0.2) is 73.0 Å². The molecule has 2 aromatic carbocycles. The maximum atomic E-state index is 12.3. The van der Waals surface area contributed by atoms with Gasteiger partial charge in [-0.15, -0.1) is 0 Å². The van der Waals surface area contributed by atoms with Crippen LogP contribution < -0.4 is 14.2 Å². The predicted molar refractivity (Wildman–Crippen MR) is 135 cm³/mol. The lowest BCUT2D eigenvalue weighted by molar-refractivity contribution is 0.0734. The summed E-state index contributed by atoms with van der Waals surface area (Å²) in [5.74, 6) is 1.48. The van der Waals surface area contributed by atoms with Crippen LogP contribution in [-0.2, 0) is 4.12 Å². The molecule has 0 aromatic heterocycles. The second-order valence-electron chi connectivity index (χ2n) is 8.64. The van der Waals surface area contributed by atoms with Crippen LogP contribution in [0.25, 0.3) is 0 Å². The molecule has 0 saturated carbocycles. The van der Waals surface area contributed by atoms with Crippen molar-refractivity contribution in [2.24, 2.45) is 0 Å². The van der Waals surface area contributed by atoms with Crippen molar-refractivity contribution in [2.75, 3.05) is 13.7 Å². The van der Waals surface area contributed by atoms with E-state index in [9.17, 15) is 4.79 Å². The maximum absolute atomic E-state index is 12.3. The van der Waals surface area contributed by atoms with E-state index in [1.807, 2.05) is 6.08 Å². The Kier molecular flexibility index (Phi) is 9.06. The fraction of sp³-hybridized carbons (Fsp3) is 0.320. The highest BCUT2D eigenvalue weighted by atomic mass is 28.4. The lowest BCUT2D eigenvalue weighted by atomic mass is 10.2. The summed E-state index contributed by atoms with van der Waals surface area (Å²) in [4.78, 5) is 12.3. The Morgan fingerprint density at radius 2 is 1.50 bits per heavy atom. The molecule has 0 atom stereocenters. The first kappa shape index (κ1) is 25.6. The van der Waals surface area contributed by atoms with Gasteiger partial charge < -0.3 is 18.3 Å². The van der Waals surface area contributed by atoms with Crippen LogP contribution in [-0.4, -0.2) is 36.3 Å². The zero-order valence-corrected chi connectivity index (χ0v) is 21.8. The fourth-order valence-corrected chi connectivity index (χ4v) is 11.2. The molecule has 7 heteroatoms. The van der Waals surface area contributed by atoms with E-state index in [-0.39, 0.29) is 0 Å². The number of allylic oxidation sites excluding steroid dienone is 2. The highest BCUT2D eigenvalue weighted by molar-refractivity contribution is 6.89. The van der Waals surface area contributed by atoms with Gasteiger partial charge in [-0.2, -0.15) is 0 Å². The Labute approximate surface area is 193 Å². The molecule has 0 radical (unpaired) electrons. The normalized spacial score (nSPS) is 11.5. The molecule has 0 N–H and O–H groups in total. The molecule has 2 aromatic rings. The molecule has 0 unspecified atom stereocenters. The lowest BCUT2D eigenvalue weighted by Gasteiger charge is -2.34. The van der Waals surface area contributed by atoms with E-state index >= 15 is 0 Å². The molecule has 0 aliphatic carbocycles. The van der Waals surface area contributed by atoms with Crippen molar-refractivity contribution in [3.8, 4) is 17.2 Å². The van der Waals surface area contributed by atoms with E-state index in [0.29, 0.717) is 23.7 Å². The van der Waals surface area contributed by atoms with Crippen LogP contribution in [0.1, 0.15) is 16.8 Å². The summed E-state index contributed by atoms with van der Waals surface area (Å²) < 4.78 is 22.9. The van der Waals surface area contributed by atoms with Gasteiger partial charge in [0.2, 0.25) is 8.32 Å². The summed E-state index contributed by atoms with van der Waals surface area (Å²) in [7, 11) is -2.19. The van der Waals surface area contributed by atoms with E-state index in [1.165, 1.54) is 0 Å². The van der Waals surface area contributed by atoms with E-state index in [4.69, 9.17) is 18.3 Å². The summed E-state index contributed by atoms with van der Waals surface area (Å²) in [6.07, 6.45) is 2.72. The molecule has 0 spiro atoms. The number of ether oxygens (including phenoxy) is 3. The van der Waals surface area contributed by atoms with Crippen LogP contribution in [0.2, 0.25) is 32.2 Å². The molecule has 0 fully saturated rings. The van der Waals surface area contributed by atoms with Crippen molar-refractivity contribution >= 4 is 22.6 Å². The summed E-state index contributed by atoms with van der Waals surface area (Å²) in [5.41, 5.74) is 0.463. The Balaban J connectivity index is 1.80. The molecule has 0 heterocycles. The zero-order valence-electron chi connectivity index (χ0n) is 19.8. The van der Waals surface area contributed by atoms with Gasteiger partial charge in [-0.05, 0) is 92.4 Å². The quantitative estimate of drug-likeness (QED) is 0.118. The van der Waals surface area contributed by atoms with Crippen LogP contribution in [0.5, 0.6) is 17.2 Å². The first-order valence-corrected chi connectivity index (χ1v) is 16.7. The largest absolute Gasteiger partial charge is 0.497 e. The van der Waals surface area contributed by atoms with Crippen molar-refractivity contribution in [3.05, 3.63) is 78.5 Å². The molecule has 0 amide bonds. The minimum absolute atomic E-state index is 0.417. The maximum Gasteiger partial charge on any atom is 0.343 e. The predicted octanol–water partition coefficient (Wildman–Crippen LogP) is 6.39. The SMILES string of the molecule is C=CC(=C)[Si](C)(C)O[Si](C)(C)CCCOc1ccc(C(=O)Oc2ccc(OC)cc2)cc1. The van der Waals surface area contributed by atoms with Gasteiger partial charge in [-0.1, -0.05) is 19.2 Å². The first-order valence-electron chi connectivity index (χ1n) is 10.7. The number of hydrogen-bond donors (Lipinski definition) is 0. The Bertz CT molecular complexity index is 918. The molecule has 172 valence electrons. The number of carbonyl (C=O) groups excluding carboxylic acids is 1. The Morgan fingerprint density at radius 3 is 2.06 bits per heavy atom. The summed E-state index contributed by atoms with van der Waals surface area (Å²) in [6.45, 7) is 17.3. The van der Waals surface area contributed by atoms with Gasteiger partial charge in [0.05, 0.1) is 19.3 Å². The lowest BCUT2D eigenvalue weighted by Crippen LogP contribution is -2.45. The molecule has 0 saturated heterocycles. The third kappa shape index (κ3) is 7.82.